The minimum absolute atomic E-state index is 0.110. The molecule has 6 heteroatoms. The van der Waals surface area contributed by atoms with E-state index in [1.807, 2.05) is 25.3 Å². The largest absolute Gasteiger partial charge is 0.375 e. The number of alkyl halides is 2. The first-order valence-corrected chi connectivity index (χ1v) is 5.16. The number of rotatable bonds is 5. The van der Waals surface area contributed by atoms with E-state index in [1.54, 1.807) is 6.33 Å². The second-order valence-electron chi connectivity index (χ2n) is 4.50. The predicted octanol–water partition coefficient (Wildman–Crippen LogP) is 1.86. The Morgan fingerprint density at radius 3 is 2.69 bits per heavy atom. The lowest BCUT2D eigenvalue weighted by molar-refractivity contribution is 0.0179. The number of ether oxygens (including phenoxy) is 1. The van der Waals surface area contributed by atoms with Crippen molar-refractivity contribution in [3.05, 3.63) is 12.2 Å². The van der Waals surface area contributed by atoms with Crippen LogP contribution in [0, 0.1) is 0 Å². The summed E-state index contributed by atoms with van der Waals surface area (Å²) in [6.45, 7) is 5.79. The zero-order chi connectivity index (χ0) is 12.2. The second kappa shape index (κ2) is 5.34. The molecule has 0 amide bonds. The maximum atomic E-state index is 11.8. The highest BCUT2D eigenvalue weighted by Crippen LogP contribution is 2.15. The number of halogens is 2. The third-order valence-corrected chi connectivity index (χ3v) is 2.05. The first-order chi connectivity index (χ1) is 7.41. The van der Waals surface area contributed by atoms with Gasteiger partial charge in [0.1, 0.15) is 18.8 Å². The van der Waals surface area contributed by atoms with Crippen LogP contribution in [0.4, 0.5) is 8.78 Å². The molecule has 0 fully saturated rings. The van der Waals surface area contributed by atoms with Crippen molar-refractivity contribution in [2.75, 3.05) is 13.2 Å². The smallest absolute Gasteiger partial charge is 0.261 e. The topological polar surface area (TPSA) is 39.9 Å². The lowest BCUT2D eigenvalue weighted by atomic mass is 10.1. The van der Waals surface area contributed by atoms with E-state index in [0.29, 0.717) is 6.42 Å². The molecular formula is C10H17F2N3O. The van der Waals surface area contributed by atoms with Crippen molar-refractivity contribution >= 4 is 0 Å². The Morgan fingerprint density at radius 1 is 1.44 bits per heavy atom. The maximum absolute atomic E-state index is 11.8. The van der Waals surface area contributed by atoms with Gasteiger partial charge in [-0.05, 0) is 20.8 Å². The van der Waals surface area contributed by atoms with Crippen LogP contribution in [0.2, 0.25) is 0 Å². The van der Waals surface area contributed by atoms with Crippen LogP contribution in [0.25, 0.3) is 0 Å². The summed E-state index contributed by atoms with van der Waals surface area (Å²) in [7, 11) is 0. The van der Waals surface area contributed by atoms with Crippen LogP contribution in [-0.4, -0.2) is 34.4 Å². The maximum Gasteiger partial charge on any atom is 0.261 e. The Balaban J connectivity index is 2.46. The first-order valence-electron chi connectivity index (χ1n) is 5.16. The molecule has 0 bridgehead atoms. The van der Waals surface area contributed by atoms with Crippen molar-refractivity contribution in [1.29, 1.82) is 0 Å². The van der Waals surface area contributed by atoms with Gasteiger partial charge in [0.2, 0.25) is 0 Å². The Morgan fingerprint density at radius 2 is 2.12 bits per heavy atom. The zero-order valence-corrected chi connectivity index (χ0v) is 9.78. The molecular weight excluding hydrogens is 216 g/mol. The third-order valence-electron chi connectivity index (χ3n) is 2.05. The predicted molar refractivity (Wildman–Crippen MR) is 55.5 cm³/mol. The van der Waals surface area contributed by atoms with Gasteiger partial charge >= 0.3 is 0 Å². The van der Waals surface area contributed by atoms with E-state index in [9.17, 15) is 8.78 Å². The normalized spacial score (nSPS) is 12.4. The molecule has 0 aliphatic rings. The molecule has 0 saturated carbocycles. The fourth-order valence-corrected chi connectivity index (χ4v) is 1.33. The molecule has 0 radical (unpaired) electrons. The Labute approximate surface area is 93.6 Å². The van der Waals surface area contributed by atoms with Crippen LogP contribution in [0.3, 0.4) is 0 Å². The molecule has 0 spiro atoms. The molecule has 0 saturated heterocycles. The lowest BCUT2D eigenvalue weighted by Crippen LogP contribution is -2.24. The SMILES string of the molecule is CC(C)(C)n1cnnc1CCOCC(F)F. The molecule has 0 unspecified atom stereocenters. The fourth-order valence-electron chi connectivity index (χ4n) is 1.33. The molecule has 1 rings (SSSR count). The first kappa shape index (κ1) is 13.0. The van der Waals surface area contributed by atoms with Crippen LogP contribution in [0.15, 0.2) is 6.33 Å². The molecule has 1 aromatic rings. The summed E-state index contributed by atoms with van der Waals surface area (Å²) in [6, 6.07) is 0. The Kier molecular flexibility index (Phi) is 4.35. The van der Waals surface area contributed by atoms with Gasteiger partial charge in [-0.15, -0.1) is 10.2 Å². The van der Waals surface area contributed by atoms with Gasteiger partial charge in [-0.1, -0.05) is 0 Å². The quantitative estimate of drug-likeness (QED) is 0.729. The summed E-state index contributed by atoms with van der Waals surface area (Å²) in [6.07, 6.45) is -0.285. The van der Waals surface area contributed by atoms with Crippen LogP contribution in [0.5, 0.6) is 0 Å². The van der Waals surface area contributed by atoms with Gasteiger partial charge < -0.3 is 9.30 Å². The van der Waals surface area contributed by atoms with Crippen molar-refractivity contribution < 1.29 is 13.5 Å². The van der Waals surface area contributed by atoms with Crippen molar-refractivity contribution in [1.82, 2.24) is 14.8 Å². The highest BCUT2D eigenvalue weighted by molar-refractivity contribution is 4.92. The van der Waals surface area contributed by atoms with Crippen LogP contribution in [-0.2, 0) is 16.7 Å². The summed E-state index contributed by atoms with van der Waals surface area (Å²) in [5.41, 5.74) is -0.110. The molecule has 92 valence electrons. The Bertz CT molecular complexity index is 320. The van der Waals surface area contributed by atoms with E-state index in [1.165, 1.54) is 0 Å². The molecule has 1 aromatic heterocycles. The van der Waals surface area contributed by atoms with Gasteiger partial charge in [0.05, 0.1) is 6.61 Å². The van der Waals surface area contributed by atoms with E-state index in [-0.39, 0.29) is 12.1 Å². The number of hydrogen-bond acceptors (Lipinski definition) is 3. The molecule has 16 heavy (non-hydrogen) atoms. The molecule has 0 aromatic carbocycles. The van der Waals surface area contributed by atoms with Gasteiger partial charge in [0.25, 0.3) is 6.43 Å². The highest BCUT2D eigenvalue weighted by Gasteiger charge is 2.17. The van der Waals surface area contributed by atoms with Crippen molar-refractivity contribution in [3.63, 3.8) is 0 Å². The van der Waals surface area contributed by atoms with Crippen molar-refractivity contribution in [2.45, 2.75) is 39.2 Å². The van der Waals surface area contributed by atoms with Gasteiger partial charge in [0.15, 0.2) is 0 Å². The minimum Gasteiger partial charge on any atom is -0.375 e. The van der Waals surface area contributed by atoms with Gasteiger partial charge in [0, 0.05) is 12.0 Å². The zero-order valence-electron chi connectivity index (χ0n) is 9.78. The van der Waals surface area contributed by atoms with Gasteiger partial charge in [-0.2, -0.15) is 0 Å². The Hall–Kier alpha value is -1.04. The lowest BCUT2D eigenvalue weighted by Gasteiger charge is -2.22. The average molecular weight is 233 g/mol. The summed E-state index contributed by atoms with van der Waals surface area (Å²) >= 11 is 0. The highest BCUT2D eigenvalue weighted by atomic mass is 19.3. The molecule has 0 atom stereocenters. The second-order valence-corrected chi connectivity index (χ2v) is 4.50. The van der Waals surface area contributed by atoms with Crippen molar-refractivity contribution in [2.24, 2.45) is 0 Å². The number of aromatic nitrogens is 3. The summed E-state index contributed by atoms with van der Waals surface area (Å²) in [5, 5.41) is 7.76. The summed E-state index contributed by atoms with van der Waals surface area (Å²) in [4.78, 5) is 0. The monoisotopic (exact) mass is 233 g/mol. The van der Waals surface area contributed by atoms with Crippen LogP contribution >= 0.6 is 0 Å². The molecule has 1 heterocycles. The fraction of sp³-hybridized carbons (Fsp3) is 0.800. The van der Waals surface area contributed by atoms with Crippen molar-refractivity contribution in [3.8, 4) is 0 Å². The van der Waals surface area contributed by atoms with E-state index in [4.69, 9.17) is 4.74 Å². The van der Waals surface area contributed by atoms with Crippen LogP contribution < -0.4 is 0 Å². The third kappa shape index (κ3) is 3.84. The van der Waals surface area contributed by atoms with E-state index in [2.05, 4.69) is 10.2 Å². The van der Waals surface area contributed by atoms with E-state index >= 15 is 0 Å². The molecule has 0 N–H and O–H groups in total. The summed E-state index contributed by atoms with van der Waals surface area (Å²) in [5.74, 6) is 0.752. The van der Waals surface area contributed by atoms with E-state index < -0.39 is 13.0 Å². The number of nitrogens with zero attached hydrogens (tertiary/aromatic N) is 3. The minimum atomic E-state index is -2.42. The number of hydrogen-bond donors (Lipinski definition) is 0. The van der Waals surface area contributed by atoms with Gasteiger partial charge in [-0.3, -0.25) is 0 Å². The molecule has 4 nitrogen and oxygen atoms in total. The van der Waals surface area contributed by atoms with Gasteiger partial charge in [-0.25, -0.2) is 8.78 Å². The van der Waals surface area contributed by atoms with Crippen LogP contribution in [0.1, 0.15) is 26.6 Å². The van der Waals surface area contributed by atoms with E-state index in [0.717, 1.165) is 5.82 Å². The summed E-state index contributed by atoms with van der Waals surface area (Å²) < 4.78 is 30.3. The standard InChI is InChI=1S/C10H17F2N3O/c1-10(2,3)15-7-13-14-9(15)4-5-16-6-8(11)12/h7-8H,4-6H2,1-3H3. The molecule has 0 aliphatic carbocycles. The molecule has 0 aliphatic heterocycles. The average Bonchev–Trinajstić information content (AvgIpc) is 2.59.